The summed E-state index contributed by atoms with van der Waals surface area (Å²) in [6.07, 6.45) is 0. The molecule has 78 valence electrons. The van der Waals surface area contributed by atoms with Crippen LogP contribution in [0.15, 0.2) is 18.2 Å². The third kappa shape index (κ3) is 2.99. The van der Waals surface area contributed by atoms with Gasteiger partial charge in [-0.1, -0.05) is 12.1 Å². The Morgan fingerprint density at radius 2 is 2.33 bits per heavy atom. The van der Waals surface area contributed by atoms with Gasteiger partial charge in [0.05, 0.1) is 5.69 Å². The summed E-state index contributed by atoms with van der Waals surface area (Å²) < 4.78 is 5.24. The number of aryl methyl sites for hydroxylation is 1. The van der Waals surface area contributed by atoms with Crippen LogP contribution in [0, 0.1) is 18.3 Å². The van der Waals surface area contributed by atoms with Gasteiger partial charge in [-0.2, -0.15) is 5.26 Å². The predicted octanol–water partition coefficient (Wildman–Crippen LogP) is 1.86. The van der Waals surface area contributed by atoms with E-state index in [4.69, 9.17) is 10.00 Å². The van der Waals surface area contributed by atoms with Gasteiger partial charge in [-0.05, 0) is 18.6 Å². The van der Waals surface area contributed by atoms with Gasteiger partial charge in [0.1, 0.15) is 11.8 Å². The van der Waals surface area contributed by atoms with Gasteiger partial charge in [0.25, 0.3) is 0 Å². The Kier molecular flexibility index (Phi) is 3.69. The Hall–Kier alpha value is -2.02. The molecule has 1 aromatic carbocycles. The minimum Gasteiger partial charge on any atom is -0.476 e. The first-order chi connectivity index (χ1) is 7.15. The zero-order valence-corrected chi connectivity index (χ0v) is 8.70. The second-order valence-corrected chi connectivity index (χ2v) is 3.08. The SMILES string of the molecule is CC(=O)Nc1cccc(C)c1OCC#N. The first-order valence-electron chi connectivity index (χ1n) is 4.52. The van der Waals surface area contributed by atoms with Crippen molar-refractivity contribution in [2.45, 2.75) is 13.8 Å². The van der Waals surface area contributed by atoms with Crippen molar-refractivity contribution < 1.29 is 9.53 Å². The van der Waals surface area contributed by atoms with E-state index in [9.17, 15) is 4.79 Å². The van der Waals surface area contributed by atoms with Crippen LogP contribution in [0.3, 0.4) is 0 Å². The standard InChI is InChI=1S/C11H12N2O2/c1-8-4-3-5-10(13-9(2)14)11(8)15-7-6-12/h3-5H,7H2,1-2H3,(H,13,14). The van der Waals surface area contributed by atoms with Crippen molar-refractivity contribution in [3.05, 3.63) is 23.8 Å². The Morgan fingerprint density at radius 3 is 2.93 bits per heavy atom. The fraction of sp³-hybridized carbons (Fsp3) is 0.273. The van der Waals surface area contributed by atoms with Gasteiger partial charge >= 0.3 is 0 Å². The number of rotatable bonds is 3. The molecule has 4 heteroatoms. The normalized spacial score (nSPS) is 9.13. The lowest BCUT2D eigenvalue weighted by molar-refractivity contribution is -0.114. The summed E-state index contributed by atoms with van der Waals surface area (Å²) in [5, 5.41) is 11.1. The summed E-state index contributed by atoms with van der Waals surface area (Å²) in [5.74, 6) is 0.386. The number of carbonyl (C=O) groups excluding carboxylic acids is 1. The van der Waals surface area contributed by atoms with Crippen LogP contribution >= 0.6 is 0 Å². The number of hydrogen-bond acceptors (Lipinski definition) is 3. The van der Waals surface area contributed by atoms with Gasteiger partial charge in [-0.3, -0.25) is 4.79 Å². The molecule has 1 amide bonds. The number of ether oxygens (including phenoxy) is 1. The molecule has 0 radical (unpaired) electrons. The molecule has 1 aromatic rings. The molecular formula is C11H12N2O2. The van der Waals surface area contributed by atoms with E-state index in [-0.39, 0.29) is 12.5 Å². The maximum Gasteiger partial charge on any atom is 0.221 e. The summed E-state index contributed by atoms with van der Waals surface area (Å²) in [6.45, 7) is 3.26. The van der Waals surface area contributed by atoms with E-state index in [1.165, 1.54) is 6.92 Å². The summed E-state index contributed by atoms with van der Waals surface area (Å²) in [7, 11) is 0. The molecule has 0 unspecified atom stereocenters. The van der Waals surface area contributed by atoms with E-state index in [1.54, 1.807) is 6.07 Å². The highest BCUT2D eigenvalue weighted by atomic mass is 16.5. The van der Waals surface area contributed by atoms with Crippen molar-refractivity contribution in [2.24, 2.45) is 0 Å². The van der Waals surface area contributed by atoms with E-state index in [0.29, 0.717) is 11.4 Å². The maximum absolute atomic E-state index is 10.9. The number of carbonyl (C=O) groups is 1. The number of amides is 1. The number of nitriles is 1. The highest BCUT2D eigenvalue weighted by Gasteiger charge is 2.07. The van der Waals surface area contributed by atoms with E-state index in [0.717, 1.165) is 5.56 Å². The molecule has 0 aliphatic carbocycles. The lowest BCUT2D eigenvalue weighted by atomic mass is 10.2. The van der Waals surface area contributed by atoms with Crippen molar-refractivity contribution in [2.75, 3.05) is 11.9 Å². The summed E-state index contributed by atoms with van der Waals surface area (Å²) >= 11 is 0. The van der Waals surface area contributed by atoms with Crippen molar-refractivity contribution in [1.29, 1.82) is 5.26 Å². The molecule has 1 N–H and O–H groups in total. The molecule has 0 heterocycles. The van der Waals surface area contributed by atoms with E-state index in [1.807, 2.05) is 25.1 Å². The lowest BCUT2D eigenvalue weighted by Gasteiger charge is -2.11. The van der Waals surface area contributed by atoms with E-state index in [2.05, 4.69) is 5.32 Å². The second-order valence-electron chi connectivity index (χ2n) is 3.08. The molecule has 0 saturated heterocycles. The van der Waals surface area contributed by atoms with Crippen LogP contribution in [0.4, 0.5) is 5.69 Å². The highest BCUT2D eigenvalue weighted by Crippen LogP contribution is 2.28. The molecule has 0 aromatic heterocycles. The average Bonchev–Trinajstić information content (AvgIpc) is 2.16. The summed E-state index contributed by atoms with van der Waals surface area (Å²) in [4.78, 5) is 10.9. The van der Waals surface area contributed by atoms with Gasteiger partial charge in [-0.15, -0.1) is 0 Å². The van der Waals surface area contributed by atoms with Crippen LogP contribution in [0.5, 0.6) is 5.75 Å². The smallest absolute Gasteiger partial charge is 0.221 e. The van der Waals surface area contributed by atoms with Crippen LogP contribution in [-0.4, -0.2) is 12.5 Å². The van der Waals surface area contributed by atoms with Crippen LogP contribution < -0.4 is 10.1 Å². The second kappa shape index (κ2) is 5.01. The zero-order chi connectivity index (χ0) is 11.3. The number of para-hydroxylation sites is 1. The number of nitrogens with one attached hydrogen (secondary N) is 1. The Labute approximate surface area is 88.5 Å². The molecule has 0 spiro atoms. The molecule has 4 nitrogen and oxygen atoms in total. The van der Waals surface area contributed by atoms with Crippen molar-refractivity contribution in [3.63, 3.8) is 0 Å². The van der Waals surface area contributed by atoms with Crippen LogP contribution in [-0.2, 0) is 4.79 Å². The van der Waals surface area contributed by atoms with Gasteiger partial charge in [0.15, 0.2) is 6.61 Å². The van der Waals surface area contributed by atoms with Gasteiger partial charge in [0.2, 0.25) is 5.91 Å². The van der Waals surface area contributed by atoms with Crippen molar-refractivity contribution in [1.82, 2.24) is 0 Å². The average molecular weight is 204 g/mol. The minimum atomic E-state index is -0.164. The number of anilines is 1. The van der Waals surface area contributed by atoms with Crippen molar-refractivity contribution in [3.8, 4) is 11.8 Å². The monoisotopic (exact) mass is 204 g/mol. The minimum absolute atomic E-state index is 0.0303. The molecule has 15 heavy (non-hydrogen) atoms. The van der Waals surface area contributed by atoms with Gasteiger partial charge < -0.3 is 10.1 Å². The Balaban J connectivity index is 2.98. The fourth-order valence-corrected chi connectivity index (χ4v) is 1.24. The number of benzene rings is 1. The fourth-order valence-electron chi connectivity index (χ4n) is 1.24. The molecule has 0 atom stereocenters. The van der Waals surface area contributed by atoms with Gasteiger partial charge in [0, 0.05) is 6.92 Å². The van der Waals surface area contributed by atoms with Crippen molar-refractivity contribution >= 4 is 11.6 Å². The first kappa shape index (κ1) is 11.1. The first-order valence-corrected chi connectivity index (χ1v) is 4.52. The number of nitrogens with zero attached hydrogens (tertiary/aromatic N) is 1. The van der Waals surface area contributed by atoms with Crippen LogP contribution in [0.1, 0.15) is 12.5 Å². The highest BCUT2D eigenvalue weighted by molar-refractivity contribution is 5.90. The molecule has 0 aliphatic heterocycles. The molecule has 1 rings (SSSR count). The molecular weight excluding hydrogens is 192 g/mol. The number of hydrogen-bond donors (Lipinski definition) is 1. The zero-order valence-electron chi connectivity index (χ0n) is 8.70. The largest absolute Gasteiger partial charge is 0.476 e. The van der Waals surface area contributed by atoms with E-state index < -0.39 is 0 Å². The van der Waals surface area contributed by atoms with E-state index >= 15 is 0 Å². The molecule has 0 saturated carbocycles. The molecule has 0 fully saturated rings. The third-order valence-corrected chi connectivity index (χ3v) is 1.80. The lowest BCUT2D eigenvalue weighted by Crippen LogP contribution is -2.08. The summed E-state index contributed by atoms with van der Waals surface area (Å²) in [6, 6.07) is 7.30. The maximum atomic E-state index is 10.9. The quantitative estimate of drug-likeness (QED) is 0.817. The van der Waals surface area contributed by atoms with Gasteiger partial charge in [-0.25, -0.2) is 0 Å². The Bertz CT molecular complexity index is 408. The van der Waals surface area contributed by atoms with Crippen LogP contribution in [0.2, 0.25) is 0 Å². The van der Waals surface area contributed by atoms with Crippen LogP contribution in [0.25, 0.3) is 0 Å². The summed E-state index contributed by atoms with van der Waals surface area (Å²) in [5.41, 5.74) is 1.48. The Morgan fingerprint density at radius 1 is 1.60 bits per heavy atom. The molecule has 0 aliphatic rings. The predicted molar refractivity (Wildman–Crippen MR) is 56.6 cm³/mol. The molecule has 0 bridgehead atoms. The topological polar surface area (TPSA) is 62.1 Å². The third-order valence-electron chi connectivity index (χ3n) is 1.80.